The largest absolute Gasteiger partial charge is 0.496 e. The summed E-state index contributed by atoms with van der Waals surface area (Å²) in [6.07, 6.45) is 0. The number of carboxylic acids is 1. The molecule has 0 amide bonds. The van der Waals surface area contributed by atoms with Crippen molar-refractivity contribution in [3.63, 3.8) is 0 Å². The standard InChI is InChI=1S/C19H23NO5/c1-20(2)13-7-8-14(16(11-13)24-4)18(19(21)22)12-6-9-15(23-3)17(10-12)25-5/h6-11,18H,1-5H3,(H,21,22). The first-order chi connectivity index (χ1) is 11.9. The number of rotatable bonds is 7. The van der Waals surface area contributed by atoms with Gasteiger partial charge in [0.15, 0.2) is 11.5 Å². The molecule has 0 bridgehead atoms. The average molecular weight is 345 g/mol. The molecule has 0 aliphatic carbocycles. The van der Waals surface area contributed by atoms with Crippen LogP contribution in [0.15, 0.2) is 36.4 Å². The Bertz CT molecular complexity index is 757. The van der Waals surface area contributed by atoms with Crippen LogP contribution in [0.1, 0.15) is 17.0 Å². The van der Waals surface area contributed by atoms with Crippen LogP contribution in [0.2, 0.25) is 0 Å². The van der Waals surface area contributed by atoms with Crippen molar-refractivity contribution in [3.8, 4) is 17.2 Å². The molecule has 1 N–H and O–H groups in total. The first-order valence-corrected chi connectivity index (χ1v) is 7.72. The molecule has 0 saturated heterocycles. The van der Waals surface area contributed by atoms with Gasteiger partial charge in [0, 0.05) is 31.4 Å². The quantitative estimate of drug-likeness (QED) is 0.832. The topological polar surface area (TPSA) is 68.2 Å². The molecule has 0 spiro atoms. The fourth-order valence-electron chi connectivity index (χ4n) is 2.70. The lowest BCUT2D eigenvalue weighted by atomic mass is 9.90. The molecule has 0 heterocycles. The van der Waals surface area contributed by atoms with E-state index in [1.807, 2.05) is 31.1 Å². The van der Waals surface area contributed by atoms with Gasteiger partial charge in [-0.25, -0.2) is 0 Å². The number of carboxylic acid groups (broad SMARTS) is 1. The van der Waals surface area contributed by atoms with Crippen molar-refractivity contribution < 1.29 is 24.1 Å². The van der Waals surface area contributed by atoms with E-state index in [2.05, 4.69) is 0 Å². The van der Waals surface area contributed by atoms with Gasteiger partial charge >= 0.3 is 5.97 Å². The van der Waals surface area contributed by atoms with Crippen LogP contribution in [0.5, 0.6) is 17.2 Å². The van der Waals surface area contributed by atoms with Crippen molar-refractivity contribution in [2.24, 2.45) is 0 Å². The lowest BCUT2D eigenvalue weighted by molar-refractivity contribution is -0.137. The maximum absolute atomic E-state index is 12.0. The maximum Gasteiger partial charge on any atom is 0.315 e. The number of nitrogens with zero attached hydrogens (tertiary/aromatic N) is 1. The smallest absolute Gasteiger partial charge is 0.315 e. The number of ether oxygens (including phenoxy) is 3. The summed E-state index contributed by atoms with van der Waals surface area (Å²) in [7, 11) is 8.42. The Kier molecular flexibility index (Phi) is 5.75. The van der Waals surface area contributed by atoms with Crippen molar-refractivity contribution in [3.05, 3.63) is 47.5 Å². The van der Waals surface area contributed by atoms with Crippen molar-refractivity contribution in [2.45, 2.75) is 5.92 Å². The zero-order valence-corrected chi connectivity index (χ0v) is 15.1. The van der Waals surface area contributed by atoms with Gasteiger partial charge in [-0.15, -0.1) is 0 Å². The van der Waals surface area contributed by atoms with E-state index in [9.17, 15) is 9.90 Å². The number of benzene rings is 2. The highest BCUT2D eigenvalue weighted by Gasteiger charge is 2.27. The van der Waals surface area contributed by atoms with Crippen molar-refractivity contribution >= 4 is 11.7 Å². The zero-order chi connectivity index (χ0) is 18.6. The van der Waals surface area contributed by atoms with Gasteiger partial charge in [-0.2, -0.15) is 0 Å². The van der Waals surface area contributed by atoms with E-state index < -0.39 is 11.9 Å². The average Bonchev–Trinajstić information content (AvgIpc) is 2.61. The highest BCUT2D eigenvalue weighted by molar-refractivity contribution is 5.82. The van der Waals surface area contributed by atoms with Crippen LogP contribution in [0.25, 0.3) is 0 Å². The molecular formula is C19H23NO5. The first kappa shape index (κ1) is 18.4. The van der Waals surface area contributed by atoms with Crippen LogP contribution in [0.4, 0.5) is 5.69 Å². The van der Waals surface area contributed by atoms with Crippen LogP contribution >= 0.6 is 0 Å². The number of hydrogen-bond acceptors (Lipinski definition) is 5. The Hall–Kier alpha value is -2.89. The molecule has 0 saturated carbocycles. The molecule has 2 aromatic carbocycles. The summed E-state index contributed by atoms with van der Waals surface area (Å²) < 4.78 is 16.0. The van der Waals surface area contributed by atoms with Gasteiger partial charge in [0.2, 0.25) is 0 Å². The Labute approximate surface area is 147 Å². The van der Waals surface area contributed by atoms with Gasteiger partial charge in [0.1, 0.15) is 11.7 Å². The third-order valence-electron chi connectivity index (χ3n) is 4.03. The third kappa shape index (κ3) is 3.79. The molecule has 6 nitrogen and oxygen atoms in total. The Morgan fingerprint density at radius 3 is 2.08 bits per heavy atom. The van der Waals surface area contributed by atoms with E-state index in [0.717, 1.165) is 5.69 Å². The summed E-state index contributed by atoms with van der Waals surface area (Å²) >= 11 is 0. The third-order valence-corrected chi connectivity index (χ3v) is 4.03. The van der Waals surface area contributed by atoms with Crippen molar-refractivity contribution in [1.82, 2.24) is 0 Å². The SMILES string of the molecule is COc1ccc(C(C(=O)O)c2ccc(N(C)C)cc2OC)cc1OC. The molecule has 0 aliphatic heterocycles. The van der Waals surface area contributed by atoms with E-state index >= 15 is 0 Å². The fraction of sp³-hybridized carbons (Fsp3) is 0.316. The van der Waals surface area contributed by atoms with Gasteiger partial charge < -0.3 is 24.2 Å². The minimum absolute atomic E-state index is 0.482. The van der Waals surface area contributed by atoms with Gasteiger partial charge in [-0.1, -0.05) is 12.1 Å². The second-order valence-corrected chi connectivity index (χ2v) is 5.71. The normalized spacial score (nSPS) is 11.6. The Balaban J connectivity index is 2.58. The predicted octanol–water partition coefficient (Wildman–Crippen LogP) is 2.99. The highest BCUT2D eigenvalue weighted by atomic mass is 16.5. The molecule has 134 valence electrons. The van der Waals surface area contributed by atoms with E-state index in [4.69, 9.17) is 14.2 Å². The van der Waals surface area contributed by atoms with Crippen LogP contribution in [-0.4, -0.2) is 46.5 Å². The van der Waals surface area contributed by atoms with E-state index in [1.165, 1.54) is 21.3 Å². The van der Waals surface area contributed by atoms with Crippen LogP contribution in [-0.2, 0) is 4.79 Å². The number of anilines is 1. The van der Waals surface area contributed by atoms with Crippen LogP contribution < -0.4 is 19.1 Å². The minimum Gasteiger partial charge on any atom is -0.496 e. The van der Waals surface area contributed by atoms with E-state index in [1.54, 1.807) is 24.3 Å². The number of carbonyl (C=O) groups is 1. The fourth-order valence-corrected chi connectivity index (χ4v) is 2.70. The summed E-state index contributed by atoms with van der Waals surface area (Å²) in [5.74, 6) is -0.303. The summed E-state index contributed by atoms with van der Waals surface area (Å²) in [5, 5.41) is 9.83. The molecule has 25 heavy (non-hydrogen) atoms. The predicted molar refractivity (Wildman–Crippen MR) is 96.3 cm³/mol. The van der Waals surface area contributed by atoms with Crippen LogP contribution in [0.3, 0.4) is 0 Å². The molecule has 0 radical (unpaired) electrons. The molecule has 0 fully saturated rings. The molecule has 0 aromatic heterocycles. The van der Waals surface area contributed by atoms with Gasteiger partial charge in [0.05, 0.1) is 21.3 Å². The molecule has 0 aliphatic rings. The molecule has 2 aromatic rings. The number of aliphatic carboxylic acids is 1. The van der Waals surface area contributed by atoms with Gasteiger partial charge in [0.25, 0.3) is 0 Å². The summed E-state index contributed by atoms with van der Waals surface area (Å²) in [4.78, 5) is 13.9. The lowest BCUT2D eigenvalue weighted by Gasteiger charge is -2.20. The summed E-state index contributed by atoms with van der Waals surface area (Å²) in [6, 6.07) is 10.6. The first-order valence-electron chi connectivity index (χ1n) is 7.72. The highest BCUT2D eigenvalue weighted by Crippen LogP contribution is 2.38. The summed E-state index contributed by atoms with van der Waals surface area (Å²) in [5.41, 5.74) is 2.09. The summed E-state index contributed by atoms with van der Waals surface area (Å²) in [6.45, 7) is 0. The van der Waals surface area contributed by atoms with Gasteiger partial charge in [-0.05, 0) is 23.8 Å². The Morgan fingerprint density at radius 2 is 1.56 bits per heavy atom. The molecule has 6 heteroatoms. The second kappa shape index (κ2) is 7.79. The van der Waals surface area contributed by atoms with Crippen molar-refractivity contribution in [2.75, 3.05) is 40.3 Å². The van der Waals surface area contributed by atoms with Crippen LogP contribution in [0, 0.1) is 0 Å². The maximum atomic E-state index is 12.0. The Morgan fingerprint density at radius 1 is 0.920 bits per heavy atom. The number of hydrogen-bond donors (Lipinski definition) is 1. The monoisotopic (exact) mass is 345 g/mol. The number of methoxy groups -OCH3 is 3. The van der Waals surface area contributed by atoms with Gasteiger partial charge in [-0.3, -0.25) is 4.79 Å². The van der Waals surface area contributed by atoms with E-state index in [-0.39, 0.29) is 0 Å². The second-order valence-electron chi connectivity index (χ2n) is 5.71. The lowest BCUT2D eigenvalue weighted by Crippen LogP contribution is -2.15. The molecule has 1 atom stereocenters. The molecule has 2 rings (SSSR count). The van der Waals surface area contributed by atoms with Crippen molar-refractivity contribution in [1.29, 1.82) is 0 Å². The molecular weight excluding hydrogens is 322 g/mol. The molecule has 1 unspecified atom stereocenters. The minimum atomic E-state index is -0.969. The van der Waals surface area contributed by atoms with E-state index in [0.29, 0.717) is 28.4 Å². The zero-order valence-electron chi connectivity index (χ0n) is 15.1.